The van der Waals surface area contributed by atoms with Gasteiger partial charge in [-0.2, -0.15) is 0 Å². The van der Waals surface area contributed by atoms with Crippen LogP contribution in [0.4, 0.5) is 5.69 Å². The van der Waals surface area contributed by atoms with Gasteiger partial charge in [-0.15, -0.1) is 0 Å². The molecule has 98 valence electrons. The summed E-state index contributed by atoms with van der Waals surface area (Å²) in [6.07, 6.45) is 8.63. The number of anilines is 1. The van der Waals surface area contributed by atoms with Crippen molar-refractivity contribution in [1.82, 2.24) is 0 Å². The Kier molecular flexibility index (Phi) is 3.29. The maximum absolute atomic E-state index is 5.65. The second-order valence-corrected chi connectivity index (χ2v) is 6.10. The van der Waals surface area contributed by atoms with E-state index in [1.807, 2.05) is 0 Å². The summed E-state index contributed by atoms with van der Waals surface area (Å²) in [6.45, 7) is 3.15. The molecule has 2 aliphatic rings. The summed E-state index contributed by atoms with van der Waals surface area (Å²) in [5, 5.41) is 0. The van der Waals surface area contributed by atoms with Gasteiger partial charge >= 0.3 is 0 Å². The molecule has 1 spiro atoms. The molecule has 18 heavy (non-hydrogen) atoms. The van der Waals surface area contributed by atoms with Crippen LogP contribution in [0.2, 0.25) is 0 Å². The number of nitrogens with zero attached hydrogens (tertiary/aromatic N) is 1. The van der Waals surface area contributed by atoms with Crippen molar-refractivity contribution >= 4 is 5.69 Å². The third kappa shape index (κ3) is 2.26. The highest BCUT2D eigenvalue weighted by Gasteiger charge is 2.38. The van der Waals surface area contributed by atoms with E-state index >= 15 is 0 Å². The maximum Gasteiger partial charge on any atom is 0.0366 e. The summed E-state index contributed by atoms with van der Waals surface area (Å²) in [7, 11) is 0. The first-order chi connectivity index (χ1) is 8.81. The molecule has 1 aliphatic carbocycles. The van der Waals surface area contributed by atoms with Gasteiger partial charge in [-0.25, -0.2) is 0 Å². The Balaban J connectivity index is 1.70. The van der Waals surface area contributed by atoms with Crippen molar-refractivity contribution in [2.75, 3.05) is 18.0 Å². The van der Waals surface area contributed by atoms with Crippen LogP contribution < -0.4 is 10.6 Å². The average Bonchev–Trinajstić information content (AvgIpc) is 2.83. The maximum atomic E-state index is 5.65. The van der Waals surface area contributed by atoms with Gasteiger partial charge in [0.1, 0.15) is 0 Å². The van der Waals surface area contributed by atoms with Crippen LogP contribution >= 0.6 is 0 Å². The van der Waals surface area contributed by atoms with E-state index in [-0.39, 0.29) is 0 Å². The fourth-order valence-corrected chi connectivity index (χ4v) is 3.71. The molecule has 2 heteroatoms. The first kappa shape index (κ1) is 12.0. The van der Waals surface area contributed by atoms with E-state index in [0.717, 1.165) is 0 Å². The Morgan fingerprint density at radius 2 is 1.72 bits per heavy atom. The summed E-state index contributed by atoms with van der Waals surface area (Å²) in [5.74, 6) is 0. The standard InChI is InChI=1S/C16H24N2/c17-12-14-4-6-15(7-5-14)18-11-10-16(13-18)8-2-1-3-9-16/h4-7H,1-3,8-13,17H2. The average molecular weight is 244 g/mol. The molecule has 2 N–H and O–H groups in total. The highest BCUT2D eigenvalue weighted by Crippen LogP contribution is 2.44. The number of benzene rings is 1. The van der Waals surface area contributed by atoms with E-state index in [1.165, 1.54) is 62.9 Å². The van der Waals surface area contributed by atoms with Gasteiger partial charge in [0.05, 0.1) is 0 Å². The van der Waals surface area contributed by atoms with E-state index in [2.05, 4.69) is 29.2 Å². The molecule has 0 amide bonds. The summed E-state index contributed by atoms with van der Waals surface area (Å²) in [6, 6.07) is 8.82. The Hall–Kier alpha value is -1.02. The lowest BCUT2D eigenvalue weighted by atomic mass is 9.73. The summed E-state index contributed by atoms with van der Waals surface area (Å²) >= 11 is 0. The molecule has 1 aliphatic heterocycles. The fourth-order valence-electron chi connectivity index (χ4n) is 3.71. The molecule has 3 rings (SSSR count). The minimum Gasteiger partial charge on any atom is -0.371 e. The topological polar surface area (TPSA) is 29.3 Å². The van der Waals surface area contributed by atoms with Crippen molar-refractivity contribution < 1.29 is 0 Å². The van der Waals surface area contributed by atoms with Gasteiger partial charge in [0.2, 0.25) is 0 Å². The summed E-state index contributed by atoms with van der Waals surface area (Å²) in [5.41, 5.74) is 8.91. The van der Waals surface area contributed by atoms with Crippen LogP contribution in [-0.4, -0.2) is 13.1 Å². The molecular weight excluding hydrogens is 220 g/mol. The van der Waals surface area contributed by atoms with Crippen molar-refractivity contribution in [3.63, 3.8) is 0 Å². The second-order valence-electron chi connectivity index (χ2n) is 6.10. The molecule has 2 nitrogen and oxygen atoms in total. The molecule has 0 aromatic heterocycles. The number of hydrogen-bond acceptors (Lipinski definition) is 2. The van der Waals surface area contributed by atoms with Gasteiger partial charge in [0, 0.05) is 25.3 Å². The predicted molar refractivity (Wildman–Crippen MR) is 76.7 cm³/mol. The first-order valence-electron chi connectivity index (χ1n) is 7.35. The quantitative estimate of drug-likeness (QED) is 0.865. The molecule has 1 saturated carbocycles. The predicted octanol–water partition coefficient (Wildman–Crippen LogP) is 3.31. The molecule has 0 unspecified atom stereocenters. The van der Waals surface area contributed by atoms with Crippen LogP contribution in [0.15, 0.2) is 24.3 Å². The minimum absolute atomic E-state index is 0.643. The highest BCUT2D eigenvalue weighted by atomic mass is 15.2. The molecule has 1 aromatic carbocycles. The first-order valence-corrected chi connectivity index (χ1v) is 7.35. The zero-order chi connectivity index (χ0) is 12.4. The number of hydrogen-bond donors (Lipinski definition) is 1. The van der Waals surface area contributed by atoms with Crippen LogP contribution in [0, 0.1) is 5.41 Å². The Morgan fingerprint density at radius 1 is 1.00 bits per heavy atom. The van der Waals surface area contributed by atoms with E-state index in [0.29, 0.717) is 12.0 Å². The Morgan fingerprint density at radius 3 is 2.39 bits per heavy atom. The Labute approximate surface area is 110 Å². The van der Waals surface area contributed by atoms with Crippen molar-refractivity contribution in [1.29, 1.82) is 0 Å². The zero-order valence-electron chi connectivity index (χ0n) is 11.2. The minimum atomic E-state index is 0.643. The van der Waals surface area contributed by atoms with Crippen LogP contribution in [0.1, 0.15) is 44.1 Å². The van der Waals surface area contributed by atoms with Gasteiger partial charge in [0.25, 0.3) is 0 Å². The van der Waals surface area contributed by atoms with Crippen molar-refractivity contribution in [3.8, 4) is 0 Å². The van der Waals surface area contributed by atoms with Crippen molar-refractivity contribution in [2.24, 2.45) is 11.1 Å². The van der Waals surface area contributed by atoms with Gasteiger partial charge in [-0.3, -0.25) is 0 Å². The fraction of sp³-hybridized carbons (Fsp3) is 0.625. The SMILES string of the molecule is NCc1ccc(N2CCC3(CCCCC3)C2)cc1. The smallest absolute Gasteiger partial charge is 0.0366 e. The lowest BCUT2D eigenvalue weighted by molar-refractivity contribution is 0.219. The third-order valence-electron chi connectivity index (χ3n) is 4.89. The molecule has 0 bridgehead atoms. The van der Waals surface area contributed by atoms with Gasteiger partial charge in [0.15, 0.2) is 0 Å². The molecule has 1 saturated heterocycles. The monoisotopic (exact) mass is 244 g/mol. The van der Waals surface area contributed by atoms with Crippen LogP contribution in [-0.2, 0) is 6.54 Å². The Bertz CT molecular complexity index is 390. The largest absolute Gasteiger partial charge is 0.371 e. The van der Waals surface area contributed by atoms with E-state index in [1.54, 1.807) is 0 Å². The lowest BCUT2D eigenvalue weighted by Crippen LogP contribution is -2.29. The highest BCUT2D eigenvalue weighted by molar-refractivity contribution is 5.49. The van der Waals surface area contributed by atoms with Gasteiger partial charge in [-0.1, -0.05) is 31.4 Å². The van der Waals surface area contributed by atoms with Crippen LogP contribution in [0.3, 0.4) is 0 Å². The molecule has 0 radical (unpaired) electrons. The molecular formula is C16H24N2. The van der Waals surface area contributed by atoms with Gasteiger partial charge in [-0.05, 0) is 42.4 Å². The molecule has 2 fully saturated rings. The van der Waals surface area contributed by atoms with E-state index < -0.39 is 0 Å². The molecule has 1 aromatic rings. The normalized spacial score (nSPS) is 22.6. The summed E-state index contributed by atoms with van der Waals surface area (Å²) in [4.78, 5) is 2.58. The lowest BCUT2D eigenvalue weighted by Gasteiger charge is -2.33. The number of nitrogens with two attached hydrogens (primary N) is 1. The van der Waals surface area contributed by atoms with Crippen LogP contribution in [0.5, 0.6) is 0 Å². The zero-order valence-corrected chi connectivity index (χ0v) is 11.2. The van der Waals surface area contributed by atoms with E-state index in [4.69, 9.17) is 5.73 Å². The second kappa shape index (κ2) is 4.93. The summed E-state index contributed by atoms with van der Waals surface area (Å²) < 4.78 is 0. The molecule has 1 heterocycles. The van der Waals surface area contributed by atoms with Crippen molar-refractivity contribution in [2.45, 2.75) is 45.1 Å². The van der Waals surface area contributed by atoms with Crippen molar-refractivity contribution in [3.05, 3.63) is 29.8 Å². The van der Waals surface area contributed by atoms with E-state index in [9.17, 15) is 0 Å². The molecule has 0 atom stereocenters. The number of rotatable bonds is 2. The third-order valence-corrected chi connectivity index (χ3v) is 4.89. The van der Waals surface area contributed by atoms with Crippen LogP contribution in [0.25, 0.3) is 0 Å². The van der Waals surface area contributed by atoms with Gasteiger partial charge < -0.3 is 10.6 Å².